The summed E-state index contributed by atoms with van der Waals surface area (Å²) in [4.78, 5) is 16.1. The summed E-state index contributed by atoms with van der Waals surface area (Å²) in [6, 6.07) is 0. The molecule has 0 bridgehead atoms. The highest BCUT2D eigenvalue weighted by Gasteiger charge is 2.05. The number of hydrogen-bond acceptors (Lipinski definition) is 3. The van der Waals surface area contributed by atoms with Crippen LogP contribution in [-0.4, -0.2) is 36.8 Å². The van der Waals surface area contributed by atoms with Crippen molar-refractivity contribution < 1.29 is 4.79 Å². The van der Waals surface area contributed by atoms with Crippen LogP contribution >= 0.6 is 0 Å². The minimum Gasteiger partial charge on any atom is -0.356 e. The second-order valence-corrected chi connectivity index (χ2v) is 2.90. The third-order valence-corrected chi connectivity index (χ3v) is 1.85. The molecule has 2 heterocycles. The number of aliphatic imine (C=N–C) groups is 1. The van der Waals surface area contributed by atoms with Crippen LogP contribution in [0.2, 0.25) is 0 Å². The molecule has 0 aliphatic carbocycles. The molecule has 0 radical (unpaired) electrons. The zero-order chi connectivity index (χ0) is 9.52. The number of nitrogens with zero attached hydrogens (tertiary/aromatic N) is 2. The summed E-state index contributed by atoms with van der Waals surface area (Å²) in [6.07, 6.45) is 5.34. The highest BCUT2D eigenvalue weighted by molar-refractivity contribution is 5.77. The van der Waals surface area contributed by atoms with Gasteiger partial charge in [-0.3, -0.25) is 9.79 Å². The topological polar surface area (TPSA) is 44.7 Å². The average molecular weight is 181 g/mol. The van der Waals surface area contributed by atoms with E-state index >= 15 is 0 Å². The molecule has 0 aromatic carbocycles. The minimum absolute atomic E-state index is 0.204. The molecule has 2 aliphatic rings. The third-order valence-electron chi connectivity index (χ3n) is 1.85. The summed E-state index contributed by atoms with van der Waals surface area (Å²) in [5.74, 6) is 0.204. The van der Waals surface area contributed by atoms with Crippen LogP contribution in [0.3, 0.4) is 0 Å². The Morgan fingerprint density at radius 3 is 2.77 bits per heavy atom. The summed E-state index contributed by atoms with van der Waals surface area (Å²) in [7, 11) is 0. The first-order chi connectivity index (χ1) is 6.33. The van der Waals surface area contributed by atoms with E-state index in [2.05, 4.69) is 16.9 Å². The number of rotatable bonds is 1. The van der Waals surface area contributed by atoms with Gasteiger partial charge in [0.25, 0.3) is 0 Å². The van der Waals surface area contributed by atoms with E-state index in [0.717, 1.165) is 32.5 Å². The molecule has 0 unspecified atom stereocenters. The summed E-state index contributed by atoms with van der Waals surface area (Å²) in [5, 5.41) is 2.68. The molecule has 1 saturated heterocycles. The molecule has 2 rings (SSSR count). The molecule has 4 heteroatoms. The van der Waals surface area contributed by atoms with Gasteiger partial charge in [0.1, 0.15) is 0 Å². The number of amides is 1. The smallest absolute Gasteiger partial charge is 0.220 e. The molecular formula is C9H15N3O. The molecular weight excluding hydrogens is 166 g/mol. The second-order valence-electron chi connectivity index (χ2n) is 2.90. The standard InChI is InChI=1S/C5H8N2.C4H7NO/c1-2-7-4-3-6-5-7;6-4-2-1-3-5-4/h2,5H,1,3-4H2;1-3H2,(H,5,6). The molecule has 0 atom stereocenters. The molecule has 2 aliphatic heterocycles. The first-order valence-corrected chi connectivity index (χ1v) is 4.48. The first-order valence-electron chi connectivity index (χ1n) is 4.48. The average Bonchev–Trinajstić information content (AvgIpc) is 2.76. The lowest BCUT2D eigenvalue weighted by atomic mass is 10.4. The molecule has 0 aromatic heterocycles. The molecule has 4 nitrogen and oxygen atoms in total. The summed E-state index contributed by atoms with van der Waals surface area (Å²) in [5.41, 5.74) is 0. The van der Waals surface area contributed by atoms with E-state index in [0.29, 0.717) is 0 Å². The van der Waals surface area contributed by atoms with E-state index in [9.17, 15) is 4.79 Å². The van der Waals surface area contributed by atoms with Crippen molar-refractivity contribution in [2.45, 2.75) is 12.8 Å². The fourth-order valence-corrected chi connectivity index (χ4v) is 1.10. The maximum absolute atomic E-state index is 10.1. The Kier molecular flexibility index (Phi) is 4.02. The minimum atomic E-state index is 0.204. The molecule has 0 aromatic rings. The number of carbonyl (C=O) groups excluding carboxylic acids is 1. The van der Waals surface area contributed by atoms with E-state index < -0.39 is 0 Å². The van der Waals surface area contributed by atoms with Gasteiger partial charge in [-0.25, -0.2) is 0 Å². The van der Waals surface area contributed by atoms with Crippen LogP contribution in [0.25, 0.3) is 0 Å². The first kappa shape index (κ1) is 9.77. The Morgan fingerprint density at radius 1 is 1.69 bits per heavy atom. The highest BCUT2D eigenvalue weighted by Crippen LogP contribution is 1.93. The van der Waals surface area contributed by atoms with Crippen molar-refractivity contribution >= 4 is 12.2 Å². The van der Waals surface area contributed by atoms with Crippen LogP contribution in [-0.2, 0) is 4.79 Å². The molecule has 1 fully saturated rings. The number of hydrogen-bond donors (Lipinski definition) is 1. The molecule has 1 N–H and O–H groups in total. The van der Waals surface area contributed by atoms with E-state index in [1.165, 1.54) is 0 Å². The van der Waals surface area contributed by atoms with Crippen LogP contribution in [0.15, 0.2) is 17.8 Å². The van der Waals surface area contributed by atoms with Gasteiger partial charge in [0, 0.05) is 19.5 Å². The van der Waals surface area contributed by atoms with Gasteiger partial charge < -0.3 is 10.2 Å². The predicted molar refractivity (Wildman–Crippen MR) is 52.5 cm³/mol. The number of carbonyl (C=O) groups is 1. The van der Waals surface area contributed by atoms with Gasteiger partial charge in [-0.15, -0.1) is 0 Å². The van der Waals surface area contributed by atoms with Gasteiger partial charge in [0.2, 0.25) is 5.91 Å². The van der Waals surface area contributed by atoms with Crippen LogP contribution in [0.5, 0.6) is 0 Å². The van der Waals surface area contributed by atoms with Gasteiger partial charge in [-0.2, -0.15) is 0 Å². The molecule has 13 heavy (non-hydrogen) atoms. The van der Waals surface area contributed by atoms with E-state index in [1.54, 1.807) is 12.5 Å². The van der Waals surface area contributed by atoms with E-state index in [1.807, 2.05) is 4.90 Å². The summed E-state index contributed by atoms with van der Waals surface area (Å²) in [6.45, 7) is 6.39. The lowest BCUT2D eigenvalue weighted by molar-refractivity contribution is -0.119. The van der Waals surface area contributed by atoms with Crippen LogP contribution in [0, 0.1) is 0 Å². The van der Waals surface area contributed by atoms with Crippen molar-refractivity contribution in [3.63, 3.8) is 0 Å². The zero-order valence-corrected chi connectivity index (χ0v) is 7.70. The Hall–Kier alpha value is -1.32. The second kappa shape index (κ2) is 5.35. The lowest BCUT2D eigenvalue weighted by Crippen LogP contribution is -2.12. The van der Waals surface area contributed by atoms with Crippen molar-refractivity contribution in [2.24, 2.45) is 4.99 Å². The normalized spacial score (nSPS) is 19.4. The van der Waals surface area contributed by atoms with Gasteiger partial charge in [-0.1, -0.05) is 6.58 Å². The van der Waals surface area contributed by atoms with E-state index in [4.69, 9.17) is 0 Å². The fraction of sp³-hybridized carbons (Fsp3) is 0.556. The SMILES string of the molecule is C=CN1C=NCC1.O=C1CCCN1. The van der Waals surface area contributed by atoms with Crippen LogP contribution < -0.4 is 5.32 Å². The van der Waals surface area contributed by atoms with Gasteiger partial charge in [0.15, 0.2) is 0 Å². The monoisotopic (exact) mass is 181 g/mol. The Bertz CT molecular complexity index is 205. The molecule has 0 saturated carbocycles. The zero-order valence-electron chi connectivity index (χ0n) is 7.70. The Balaban J connectivity index is 0.000000132. The quantitative estimate of drug-likeness (QED) is 0.635. The molecule has 1 amide bonds. The maximum atomic E-state index is 10.1. The fourth-order valence-electron chi connectivity index (χ4n) is 1.10. The van der Waals surface area contributed by atoms with Gasteiger partial charge in [-0.05, 0) is 12.6 Å². The lowest BCUT2D eigenvalue weighted by Gasteiger charge is -2.02. The largest absolute Gasteiger partial charge is 0.356 e. The molecule has 0 spiro atoms. The van der Waals surface area contributed by atoms with Gasteiger partial charge >= 0.3 is 0 Å². The Morgan fingerprint density at radius 2 is 2.54 bits per heavy atom. The molecule has 72 valence electrons. The summed E-state index contributed by atoms with van der Waals surface area (Å²) >= 11 is 0. The Labute approximate surface area is 78.3 Å². The van der Waals surface area contributed by atoms with Gasteiger partial charge in [0.05, 0.1) is 12.9 Å². The maximum Gasteiger partial charge on any atom is 0.220 e. The third kappa shape index (κ3) is 3.73. The van der Waals surface area contributed by atoms with Crippen molar-refractivity contribution in [3.8, 4) is 0 Å². The van der Waals surface area contributed by atoms with Crippen molar-refractivity contribution in [2.75, 3.05) is 19.6 Å². The van der Waals surface area contributed by atoms with Crippen molar-refractivity contribution in [1.29, 1.82) is 0 Å². The van der Waals surface area contributed by atoms with Crippen molar-refractivity contribution in [3.05, 3.63) is 12.8 Å². The van der Waals surface area contributed by atoms with Crippen molar-refractivity contribution in [1.82, 2.24) is 10.2 Å². The summed E-state index contributed by atoms with van der Waals surface area (Å²) < 4.78 is 0. The highest BCUT2D eigenvalue weighted by atomic mass is 16.1. The number of nitrogens with one attached hydrogen (secondary N) is 1. The predicted octanol–water partition coefficient (Wildman–Crippen LogP) is 0.370. The van der Waals surface area contributed by atoms with Crippen LogP contribution in [0.4, 0.5) is 0 Å². The van der Waals surface area contributed by atoms with Crippen LogP contribution in [0.1, 0.15) is 12.8 Å². The van der Waals surface area contributed by atoms with E-state index in [-0.39, 0.29) is 5.91 Å².